The third-order valence-electron chi connectivity index (χ3n) is 4.70. The molecule has 1 rings (SSSR count). The monoisotopic (exact) mass is 198 g/mol. The topological polar surface area (TPSA) is 9.23 Å². The summed E-state index contributed by atoms with van der Waals surface area (Å²) in [4.78, 5) is 0. The van der Waals surface area contributed by atoms with Crippen LogP contribution < -0.4 is 0 Å². The number of ether oxygens (including phenoxy) is 1. The Bertz CT molecular complexity index is 191. The largest absolute Gasteiger partial charge is 0.372 e. The minimum atomic E-state index is 0.0777. The van der Waals surface area contributed by atoms with Gasteiger partial charge in [0.2, 0.25) is 0 Å². The number of rotatable bonds is 1. The van der Waals surface area contributed by atoms with Crippen LogP contribution in [0.25, 0.3) is 0 Å². The maximum atomic E-state index is 6.22. The van der Waals surface area contributed by atoms with E-state index in [-0.39, 0.29) is 5.60 Å². The molecule has 0 aliphatic carbocycles. The molecule has 1 saturated heterocycles. The zero-order chi connectivity index (χ0) is 11.1. The average Bonchev–Trinajstić information content (AvgIpc) is 2.01. The Balaban J connectivity index is 2.85. The van der Waals surface area contributed by atoms with Gasteiger partial charge in [-0.05, 0) is 37.5 Å². The maximum Gasteiger partial charge on any atom is 0.0683 e. The molecule has 0 spiro atoms. The van der Waals surface area contributed by atoms with E-state index in [9.17, 15) is 0 Å². The third kappa shape index (κ3) is 1.84. The van der Waals surface area contributed by atoms with E-state index in [1.165, 1.54) is 6.42 Å². The second-order valence-electron chi connectivity index (χ2n) is 6.15. The molecule has 1 aliphatic heterocycles. The standard InChI is InChI=1S/C13H26O/c1-9(2)13(7)8-10(3)12(5,6)11(4)14-13/h9-11H,8H2,1-7H3. The molecule has 3 unspecified atom stereocenters. The van der Waals surface area contributed by atoms with Crippen molar-refractivity contribution in [3.63, 3.8) is 0 Å². The van der Waals surface area contributed by atoms with Crippen molar-refractivity contribution in [3.8, 4) is 0 Å². The van der Waals surface area contributed by atoms with E-state index in [1.54, 1.807) is 0 Å². The summed E-state index contributed by atoms with van der Waals surface area (Å²) in [7, 11) is 0. The molecular formula is C13H26O. The molecule has 14 heavy (non-hydrogen) atoms. The van der Waals surface area contributed by atoms with Crippen LogP contribution in [-0.2, 0) is 4.74 Å². The van der Waals surface area contributed by atoms with E-state index in [2.05, 4.69) is 48.5 Å². The lowest BCUT2D eigenvalue weighted by Gasteiger charge is -2.52. The van der Waals surface area contributed by atoms with Crippen molar-refractivity contribution in [3.05, 3.63) is 0 Å². The number of hydrogen-bond donors (Lipinski definition) is 0. The molecular weight excluding hydrogens is 172 g/mol. The van der Waals surface area contributed by atoms with Crippen LogP contribution in [0, 0.1) is 17.3 Å². The zero-order valence-electron chi connectivity index (χ0n) is 10.8. The second-order valence-corrected chi connectivity index (χ2v) is 6.15. The summed E-state index contributed by atoms with van der Waals surface area (Å²) in [6.45, 7) is 16.0. The van der Waals surface area contributed by atoms with Crippen molar-refractivity contribution in [2.75, 3.05) is 0 Å². The van der Waals surface area contributed by atoms with Gasteiger partial charge in [0.1, 0.15) is 0 Å². The first-order valence-corrected chi connectivity index (χ1v) is 5.88. The van der Waals surface area contributed by atoms with Crippen molar-refractivity contribution in [2.24, 2.45) is 17.3 Å². The summed E-state index contributed by atoms with van der Waals surface area (Å²) in [6, 6.07) is 0. The first-order valence-electron chi connectivity index (χ1n) is 5.88. The van der Waals surface area contributed by atoms with E-state index < -0.39 is 0 Å². The van der Waals surface area contributed by atoms with Crippen LogP contribution in [0.2, 0.25) is 0 Å². The zero-order valence-corrected chi connectivity index (χ0v) is 10.8. The number of hydrogen-bond acceptors (Lipinski definition) is 1. The lowest BCUT2D eigenvalue weighted by atomic mass is 9.66. The molecule has 1 heterocycles. The van der Waals surface area contributed by atoms with E-state index >= 15 is 0 Å². The van der Waals surface area contributed by atoms with E-state index in [1.807, 2.05) is 0 Å². The van der Waals surface area contributed by atoms with Crippen LogP contribution in [0.15, 0.2) is 0 Å². The summed E-state index contributed by atoms with van der Waals surface area (Å²) in [6.07, 6.45) is 1.54. The fourth-order valence-electron chi connectivity index (χ4n) is 2.25. The Kier molecular flexibility index (Phi) is 3.02. The van der Waals surface area contributed by atoms with Crippen LogP contribution in [0.3, 0.4) is 0 Å². The van der Waals surface area contributed by atoms with Crippen LogP contribution in [-0.4, -0.2) is 11.7 Å². The molecule has 0 saturated carbocycles. The van der Waals surface area contributed by atoms with Gasteiger partial charge < -0.3 is 4.74 Å². The second kappa shape index (κ2) is 3.52. The predicted octanol–water partition coefficient (Wildman–Crippen LogP) is 3.87. The van der Waals surface area contributed by atoms with Gasteiger partial charge in [-0.15, -0.1) is 0 Å². The lowest BCUT2D eigenvalue weighted by Crippen LogP contribution is -2.52. The highest BCUT2D eigenvalue weighted by Gasteiger charge is 2.46. The molecule has 1 nitrogen and oxygen atoms in total. The van der Waals surface area contributed by atoms with Gasteiger partial charge in [0.25, 0.3) is 0 Å². The summed E-state index contributed by atoms with van der Waals surface area (Å²) >= 11 is 0. The van der Waals surface area contributed by atoms with Gasteiger partial charge in [-0.1, -0.05) is 34.6 Å². The Morgan fingerprint density at radius 3 is 2.00 bits per heavy atom. The highest BCUT2D eigenvalue weighted by Crippen LogP contribution is 2.46. The summed E-state index contributed by atoms with van der Waals surface area (Å²) in [5.74, 6) is 1.34. The Hall–Kier alpha value is -0.0400. The summed E-state index contributed by atoms with van der Waals surface area (Å²) in [5.41, 5.74) is 0.392. The summed E-state index contributed by atoms with van der Waals surface area (Å²) in [5, 5.41) is 0. The molecule has 0 aromatic rings. The van der Waals surface area contributed by atoms with Gasteiger partial charge in [-0.25, -0.2) is 0 Å². The normalized spacial score (nSPS) is 42.9. The van der Waals surface area contributed by atoms with E-state index in [0.29, 0.717) is 17.4 Å². The SMILES string of the molecule is CC(C)C1(C)CC(C)C(C)(C)C(C)O1. The molecule has 1 aliphatic rings. The molecule has 1 heteroatoms. The van der Waals surface area contributed by atoms with Crippen LogP contribution in [0.1, 0.15) is 54.9 Å². The average molecular weight is 198 g/mol. The van der Waals surface area contributed by atoms with Crippen molar-refractivity contribution in [1.82, 2.24) is 0 Å². The molecule has 0 amide bonds. The highest BCUT2D eigenvalue weighted by molar-refractivity contribution is 4.95. The Labute approximate surface area is 89.2 Å². The smallest absolute Gasteiger partial charge is 0.0683 e. The van der Waals surface area contributed by atoms with Crippen LogP contribution in [0.4, 0.5) is 0 Å². The maximum absolute atomic E-state index is 6.22. The van der Waals surface area contributed by atoms with E-state index in [4.69, 9.17) is 4.74 Å². The molecule has 0 aromatic heterocycles. The van der Waals surface area contributed by atoms with Crippen molar-refractivity contribution < 1.29 is 4.74 Å². The van der Waals surface area contributed by atoms with Gasteiger partial charge in [-0.2, -0.15) is 0 Å². The van der Waals surface area contributed by atoms with Gasteiger partial charge in [0, 0.05) is 0 Å². The minimum absolute atomic E-state index is 0.0777. The summed E-state index contributed by atoms with van der Waals surface area (Å²) < 4.78 is 6.22. The molecule has 3 atom stereocenters. The molecule has 0 bridgehead atoms. The molecule has 84 valence electrons. The van der Waals surface area contributed by atoms with Gasteiger partial charge >= 0.3 is 0 Å². The fourth-order valence-corrected chi connectivity index (χ4v) is 2.25. The van der Waals surface area contributed by atoms with Crippen LogP contribution in [0.5, 0.6) is 0 Å². The lowest BCUT2D eigenvalue weighted by molar-refractivity contribution is -0.203. The van der Waals surface area contributed by atoms with Crippen molar-refractivity contribution in [1.29, 1.82) is 0 Å². The third-order valence-corrected chi connectivity index (χ3v) is 4.70. The first kappa shape index (κ1) is 12.0. The first-order chi connectivity index (χ1) is 6.20. The Morgan fingerprint density at radius 1 is 1.14 bits per heavy atom. The van der Waals surface area contributed by atoms with Crippen molar-refractivity contribution in [2.45, 2.75) is 66.6 Å². The Morgan fingerprint density at radius 2 is 1.64 bits per heavy atom. The highest BCUT2D eigenvalue weighted by atomic mass is 16.5. The molecule has 1 fully saturated rings. The van der Waals surface area contributed by atoms with Gasteiger partial charge in [-0.3, -0.25) is 0 Å². The van der Waals surface area contributed by atoms with Crippen LogP contribution >= 0.6 is 0 Å². The predicted molar refractivity (Wildman–Crippen MR) is 61.4 cm³/mol. The fraction of sp³-hybridized carbons (Fsp3) is 1.00. The van der Waals surface area contributed by atoms with Gasteiger partial charge in [0.05, 0.1) is 11.7 Å². The van der Waals surface area contributed by atoms with Gasteiger partial charge in [0.15, 0.2) is 0 Å². The molecule has 0 radical (unpaired) electrons. The molecule has 0 N–H and O–H groups in total. The van der Waals surface area contributed by atoms with Crippen molar-refractivity contribution >= 4 is 0 Å². The van der Waals surface area contributed by atoms with E-state index in [0.717, 1.165) is 5.92 Å². The quantitative estimate of drug-likeness (QED) is 0.621. The molecule has 0 aromatic carbocycles. The minimum Gasteiger partial charge on any atom is -0.372 e.